The lowest BCUT2D eigenvalue weighted by atomic mass is 9.80. The molecule has 4 unspecified atom stereocenters. The van der Waals surface area contributed by atoms with Gasteiger partial charge in [-0.05, 0) is 55.2 Å². The quantitative estimate of drug-likeness (QED) is 0.265. The standard InChI is InChI=1S/C28H35N3O.C3H6O2/c1-20-9-3-4-10-22(20)17-30(19-29)16-15-25-24-12-6-8-14-27(24)31-26-13-7-5-11-23(26)18-32-21(2)28(25)31;1-3(4)5-2/h5-8,11-12,14,20-22,26H,3-4,9-10,13,15-18H2,1-2H3;1-2H3. The molecule has 2 heterocycles. The molecule has 198 valence electrons. The number of benzene rings is 1. The number of allylic oxidation sites excluding steroid dienone is 3. The van der Waals surface area contributed by atoms with Gasteiger partial charge in [0.05, 0.1) is 31.6 Å². The van der Waals surface area contributed by atoms with Crippen LogP contribution in [0.25, 0.3) is 10.9 Å². The molecule has 5 rings (SSSR count). The van der Waals surface area contributed by atoms with Crippen molar-refractivity contribution >= 4 is 16.9 Å². The number of hydrogen-bond acceptors (Lipinski definition) is 5. The molecule has 1 aromatic carbocycles. The summed E-state index contributed by atoms with van der Waals surface area (Å²) in [6, 6.07) is 9.11. The van der Waals surface area contributed by atoms with Crippen molar-refractivity contribution in [1.82, 2.24) is 9.47 Å². The first-order valence-electron chi connectivity index (χ1n) is 13.7. The monoisotopic (exact) mass is 503 g/mol. The van der Waals surface area contributed by atoms with Crippen LogP contribution in [0.2, 0.25) is 0 Å². The molecule has 0 saturated heterocycles. The van der Waals surface area contributed by atoms with E-state index in [-0.39, 0.29) is 12.1 Å². The zero-order valence-electron chi connectivity index (χ0n) is 22.8. The van der Waals surface area contributed by atoms with Gasteiger partial charge in [0.1, 0.15) is 0 Å². The number of rotatable bonds is 5. The van der Waals surface area contributed by atoms with Crippen LogP contribution < -0.4 is 0 Å². The van der Waals surface area contributed by atoms with Crippen LogP contribution in [0.15, 0.2) is 48.1 Å². The molecule has 2 aliphatic carbocycles. The van der Waals surface area contributed by atoms with Crippen LogP contribution in [0.4, 0.5) is 0 Å². The van der Waals surface area contributed by atoms with Gasteiger partial charge >= 0.3 is 5.97 Å². The number of para-hydroxylation sites is 1. The highest BCUT2D eigenvalue weighted by molar-refractivity contribution is 5.86. The molecule has 37 heavy (non-hydrogen) atoms. The molecule has 1 saturated carbocycles. The van der Waals surface area contributed by atoms with Gasteiger partial charge in [-0.1, -0.05) is 62.6 Å². The van der Waals surface area contributed by atoms with Gasteiger partial charge in [-0.2, -0.15) is 5.26 Å². The number of carbonyl (C=O) groups excluding carboxylic acids is 1. The Morgan fingerprint density at radius 2 is 2.00 bits per heavy atom. The Hall–Kier alpha value is -3.04. The van der Waals surface area contributed by atoms with Crippen molar-refractivity contribution in [3.05, 3.63) is 59.3 Å². The molecule has 4 atom stereocenters. The molecule has 0 spiro atoms. The zero-order valence-corrected chi connectivity index (χ0v) is 22.8. The molecular formula is C31H41N3O3. The van der Waals surface area contributed by atoms with E-state index in [1.54, 1.807) is 0 Å². The van der Waals surface area contributed by atoms with Crippen LogP contribution >= 0.6 is 0 Å². The Kier molecular flexibility index (Phi) is 9.10. The fourth-order valence-corrected chi connectivity index (χ4v) is 6.15. The van der Waals surface area contributed by atoms with Crippen LogP contribution in [0.3, 0.4) is 0 Å². The predicted molar refractivity (Wildman–Crippen MR) is 147 cm³/mol. The van der Waals surface area contributed by atoms with Crippen molar-refractivity contribution in [2.75, 3.05) is 26.8 Å². The molecule has 0 radical (unpaired) electrons. The summed E-state index contributed by atoms with van der Waals surface area (Å²) in [4.78, 5) is 11.6. The highest BCUT2D eigenvalue weighted by atomic mass is 16.5. The van der Waals surface area contributed by atoms with E-state index in [0.29, 0.717) is 18.6 Å². The molecule has 1 aromatic heterocycles. The highest BCUT2D eigenvalue weighted by Crippen LogP contribution is 2.42. The minimum Gasteiger partial charge on any atom is -0.469 e. The minimum absolute atomic E-state index is 0.0396. The minimum atomic E-state index is -0.245. The van der Waals surface area contributed by atoms with Crippen LogP contribution in [0.5, 0.6) is 0 Å². The molecule has 6 nitrogen and oxygen atoms in total. The van der Waals surface area contributed by atoms with E-state index in [9.17, 15) is 10.1 Å². The van der Waals surface area contributed by atoms with Crippen LogP contribution in [-0.4, -0.2) is 42.2 Å². The molecular weight excluding hydrogens is 462 g/mol. The fraction of sp³-hybridized carbons (Fsp3) is 0.548. The van der Waals surface area contributed by atoms with Gasteiger partial charge in [0.25, 0.3) is 0 Å². The predicted octanol–water partition coefficient (Wildman–Crippen LogP) is 6.49. The molecule has 2 aromatic rings. The maximum Gasteiger partial charge on any atom is 0.302 e. The number of nitriles is 1. The normalized spacial score (nSPS) is 24.5. The van der Waals surface area contributed by atoms with Crippen molar-refractivity contribution < 1.29 is 14.3 Å². The first-order valence-corrected chi connectivity index (χ1v) is 13.7. The Bertz CT molecular complexity index is 1190. The molecule has 0 amide bonds. The summed E-state index contributed by atoms with van der Waals surface area (Å²) < 4.78 is 13.0. The molecule has 0 N–H and O–H groups in total. The number of ether oxygens (including phenoxy) is 2. The summed E-state index contributed by atoms with van der Waals surface area (Å²) in [6.45, 7) is 8.28. The van der Waals surface area contributed by atoms with E-state index in [4.69, 9.17) is 4.74 Å². The average Bonchev–Trinajstić information content (AvgIpc) is 3.17. The molecule has 3 aliphatic rings. The number of nitrogens with zero attached hydrogens (tertiary/aromatic N) is 3. The number of methoxy groups -OCH3 is 1. The topological polar surface area (TPSA) is 67.5 Å². The zero-order chi connectivity index (χ0) is 26.4. The molecule has 1 aliphatic heterocycles. The lowest BCUT2D eigenvalue weighted by molar-refractivity contribution is -0.137. The third-order valence-electron chi connectivity index (χ3n) is 8.29. The second-order valence-electron chi connectivity index (χ2n) is 10.6. The Morgan fingerprint density at radius 1 is 1.24 bits per heavy atom. The second-order valence-corrected chi connectivity index (χ2v) is 10.6. The van der Waals surface area contributed by atoms with Gasteiger partial charge in [0.2, 0.25) is 0 Å². The Labute approximate surface area is 221 Å². The lowest BCUT2D eigenvalue weighted by Crippen LogP contribution is -2.32. The van der Waals surface area contributed by atoms with E-state index in [1.807, 2.05) is 4.90 Å². The van der Waals surface area contributed by atoms with Gasteiger partial charge < -0.3 is 18.9 Å². The summed E-state index contributed by atoms with van der Waals surface area (Å²) >= 11 is 0. The van der Waals surface area contributed by atoms with E-state index in [2.05, 4.69) is 71.8 Å². The van der Waals surface area contributed by atoms with Crippen LogP contribution in [0.1, 0.15) is 76.3 Å². The molecule has 6 heteroatoms. The van der Waals surface area contributed by atoms with Crippen molar-refractivity contribution in [2.24, 2.45) is 11.8 Å². The fourth-order valence-electron chi connectivity index (χ4n) is 6.15. The van der Waals surface area contributed by atoms with Crippen molar-refractivity contribution in [3.63, 3.8) is 0 Å². The number of fused-ring (bicyclic) bond motifs is 5. The third-order valence-corrected chi connectivity index (χ3v) is 8.29. The number of hydrogen-bond donors (Lipinski definition) is 0. The van der Waals surface area contributed by atoms with E-state index >= 15 is 0 Å². The summed E-state index contributed by atoms with van der Waals surface area (Å²) in [7, 11) is 1.35. The lowest BCUT2D eigenvalue weighted by Gasteiger charge is -2.31. The Balaban J connectivity index is 0.000000586. The van der Waals surface area contributed by atoms with Gasteiger partial charge in [-0.15, -0.1) is 0 Å². The summed E-state index contributed by atoms with van der Waals surface area (Å²) in [5.74, 6) is 1.13. The maximum absolute atomic E-state index is 9.91. The van der Waals surface area contributed by atoms with Crippen molar-refractivity contribution in [2.45, 2.75) is 71.4 Å². The number of esters is 1. The van der Waals surface area contributed by atoms with Gasteiger partial charge in [-0.3, -0.25) is 4.79 Å². The van der Waals surface area contributed by atoms with E-state index < -0.39 is 0 Å². The number of aromatic nitrogens is 1. The summed E-state index contributed by atoms with van der Waals surface area (Å²) in [5, 5.41) is 11.2. The maximum atomic E-state index is 9.91. The summed E-state index contributed by atoms with van der Waals surface area (Å²) in [6.07, 6.45) is 16.3. The highest BCUT2D eigenvalue weighted by Gasteiger charge is 2.32. The largest absolute Gasteiger partial charge is 0.469 e. The molecule has 0 bridgehead atoms. The third kappa shape index (κ3) is 6.10. The summed E-state index contributed by atoms with van der Waals surface area (Å²) in [5.41, 5.74) is 5.32. The van der Waals surface area contributed by atoms with Crippen LogP contribution in [-0.2, 0) is 20.7 Å². The second kappa shape index (κ2) is 12.5. The van der Waals surface area contributed by atoms with E-state index in [1.165, 1.54) is 67.5 Å². The average molecular weight is 504 g/mol. The van der Waals surface area contributed by atoms with E-state index in [0.717, 1.165) is 31.8 Å². The van der Waals surface area contributed by atoms with Crippen molar-refractivity contribution in [1.29, 1.82) is 5.26 Å². The SMILES string of the molecule is CC1OCC2=CC=CCC2n2c1c(CCN(C#N)CC1CCCCC1C)c1ccccc12.COC(C)=O. The first kappa shape index (κ1) is 27.0. The number of carbonyl (C=O) groups is 1. The van der Waals surface area contributed by atoms with Gasteiger partial charge in [0, 0.05) is 30.9 Å². The first-order chi connectivity index (χ1) is 17.9. The molecule has 1 fully saturated rings. The van der Waals surface area contributed by atoms with Crippen LogP contribution in [0, 0.1) is 23.3 Å². The van der Waals surface area contributed by atoms with Gasteiger partial charge in [-0.25, -0.2) is 0 Å². The smallest absolute Gasteiger partial charge is 0.302 e. The Morgan fingerprint density at radius 3 is 2.73 bits per heavy atom. The van der Waals surface area contributed by atoms with Gasteiger partial charge in [0.15, 0.2) is 6.19 Å². The van der Waals surface area contributed by atoms with Crippen molar-refractivity contribution in [3.8, 4) is 6.19 Å².